The minimum Gasteiger partial charge on any atom is -0.396 e. The van der Waals surface area contributed by atoms with Gasteiger partial charge in [0.1, 0.15) is 0 Å². The summed E-state index contributed by atoms with van der Waals surface area (Å²) in [4.78, 5) is 13.5. The largest absolute Gasteiger partial charge is 0.396 e. The lowest BCUT2D eigenvalue weighted by Crippen LogP contribution is -2.50. The van der Waals surface area contributed by atoms with E-state index in [4.69, 9.17) is 5.11 Å². The van der Waals surface area contributed by atoms with E-state index in [-0.39, 0.29) is 18.4 Å². The van der Waals surface area contributed by atoms with Gasteiger partial charge in [-0.2, -0.15) is 0 Å². The van der Waals surface area contributed by atoms with Gasteiger partial charge in [0.2, 0.25) is 5.91 Å². The second-order valence-corrected chi connectivity index (χ2v) is 4.99. The maximum absolute atomic E-state index is 11.8. The zero-order chi connectivity index (χ0) is 13.1. The minimum absolute atomic E-state index is 0.0275. The van der Waals surface area contributed by atoms with Crippen LogP contribution in [0, 0.1) is 19.8 Å². The molecule has 1 aliphatic heterocycles. The summed E-state index contributed by atoms with van der Waals surface area (Å²) in [6.07, 6.45) is 3.48. The first-order chi connectivity index (χ1) is 8.60. The zero-order valence-electron chi connectivity index (χ0n) is 10.9. The van der Waals surface area contributed by atoms with Gasteiger partial charge in [-0.05, 0) is 31.1 Å². The van der Waals surface area contributed by atoms with E-state index in [2.05, 4.69) is 13.0 Å². The highest BCUT2D eigenvalue weighted by molar-refractivity contribution is 5.92. The van der Waals surface area contributed by atoms with E-state index in [1.54, 1.807) is 11.0 Å². The average molecular weight is 245 g/mol. The summed E-state index contributed by atoms with van der Waals surface area (Å²) in [5, 5.41) is 8.90. The molecule has 1 heterocycles. The number of aryl methyl sites for hydroxylation is 2. The van der Waals surface area contributed by atoms with Gasteiger partial charge in [0.15, 0.2) is 0 Å². The number of hydrogen-bond donors (Lipinski definition) is 1. The molecular formula is C15H19NO2. The molecule has 1 saturated heterocycles. The predicted octanol–water partition coefficient (Wildman–Crippen LogP) is 1.77. The highest BCUT2D eigenvalue weighted by Gasteiger charge is 2.28. The molecule has 0 unspecified atom stereocenters. The summed E-state index contributed by atoms with van der Waals surface area (Å²) in [7, 11) is 0. The third-order valence-corrected chi connectivity index (χ3v) is 3.36. The first-order valence-electron chi connectivity index (χ1n) is 6.25. The van der Waals surface area contributed by atoms with Crippen LogP contribution in [0.3, 0.4) is 0 Å². The van der Waals surface area contributed by atoms with Crippen LogP contribution in [0.1, 0.15) is 16.7 Å². The molecule has 0 radical (unpaired) electrons. The van der Waals surface area contributed by atoms with Gasteiger partial charge < -0.3 is 10.0 Å². The zero-order valence-corrected chi connectivity index (χ0v) is 10.9. The molecule has 1 amide bonds. The Labute approximate surface area is 108 Å². The van der Waals surface area contributed by atoms with E-state index in [0.29, 0.717) is 13.1 Å². The fourth-order valence-corrected chi connectivity index (χ4v) is 2.14. The van der Waals surface area contributed by atoms with Crippen molar-refractivity contribution in [1.82, 2.24) is 4.90 Å². The van der Waals surface area contributed by atoms with Crippen molar-refractivity contribution in [2.24, 2.45) is 5.92 Å². The third-order valence-electron chi connectivity index (χ3n) is 3.36. The van der Waals surface area contributed by atoms with Gasteiger partial charge in [-0.3, -0.25) is 4.79 Å². The summed E-state index contributed by atoms with van der Waals surface area (Å²) in [5.74, 6) is 0.295. The Morgan fingerprint density at radius 2 is 2.17 bits per heavy atom. The van der Waals surface area contributed by atoms with Gasteiger partial charge in [0.25, 0.3) is 0 Å². The number of likely N-dealkylation sites (tertiary alicyclic amines) is 1. The number of aliphatic hydroxyl groups excluding tert-OH is 1. The molecule has 3 heteroatoms. The number of hydrogen-bond acceptors (Lipinski definition) is 2. The number of carbonyl (C=O) groups is 1. The molecule has 2 rings (SSSR count). The summed E-state index contributed by atoms with van der Waals surface area (Å²) in [6, 6.07) is 6.18. The van der Waals surface area contributed by atoms with Crippen molar-refractivity contribution in [1.29, 1.82) is 0 Å². The smallest absolute Gasteiger partial charge is 0.246 e. The van der Waals surface area contributed by atoms with Crippen molar-refractivity contribution in [3.8, 4) is 0 Å². The van der Waals surface area contributed by atoms with Crippen molar-refractivity contribution in [3.05, 3.63) is 41.0 Å². The van der Waals surface area contributed by atoms with Crippen LogP contribution in [-0.2, 0) is 4.79 Å². The van der Waals surface area contributed by atoms with Gasteiger partial charge >= 0.3 is 0 Å². The van der Waals surface area contributed by atoms with Crippen molar-refractivity contribution < 1.29 is 9.90 Å². The highest BCUT2D eigenvalue weighted by atomic mass is 16.3. The Morgan fingerprint density at radius 1 is 1.44 bits per heavy atom. The van der Waals surface area contributed by atoms with Crippen molar-refractivity contribution in [2.75, 3.05) is 19.7 Å². The van der Waals surface area contributed by atoms with Crippen LogP contribution < -0.4 is 0 Å². The molecule has 0 bridgehead atoms. The molecule has 0 aromatic heterocycles. The van der Waals surface area contributed by atoms with Crippen LogP contribution in [-0.4, -0.2) is 35.6 Å². The van der Waals surface area contributed by atoms with E-state index >= 15 is 0 Å². The number of aliphatic hydroxyl groups is 1. The summed E-state index contributed by atoms with van der Waals surface area (Å²) in [6.45, 7) is 5.62. The molecule has 1 aromatic rings. The number of amides is 1. The van der Waals surface area contributed by atoms with Crippen LogP contribution in [0.4, 0.5) is 0 Å². The predicted molar refractivity (Wildman–Crippen MR) is 72.1 cm³/mol. The summed E-state index contributed by atoms with van der Waals surface area (Å²) >= 11 is 0. The standard InChI is InChI=1S/C15H19NO2/c1-11-3-4-14(12(2)7-11)5-6-15(18)16-8-13(9-16)10-17/h3-7,13,17H,8-10H2,1-2H3. The number of carbonyl (C=O) groups excluding carboxylic acids is 1. The molecule has 1 N–H and O–H groups in total. The number of rotatable bonds is 3. The fourth-order valence-electron chi connectivity index (χ4n) is 2.14. The van der Waals surface area contributed by atoms with E-state index in [1.807, 2.05) is 25.1 Å². The molecule has 0 atom stereocenters. The molecule has 96 valence electrons. The molecule has 0 saturated carbocycles. The van der Waals surface area contributed by atoms with Gasteiger partial charge in [-0.1, -0.05) is 23.8 Å². The van der Waals surface area contributed by atoms with Gasteiger partial charge in [-0.25, -0.2) is 0 Å². The van der Waals surface area contributed by atoms with Gasteiger partial charge in [0.05, 0.1) is 0 Å². The van der Waals surface area contributed by atoms with Crippen LogP contribution in [0.2, 0.25) is 0 Å². The molecule has 1 fully saturated rings. The number of nitrogens with zero attached hydrogens (tertiary/aromatic N) is 1. The maximum Gasteiger partial charge on any atom is 0.246 e. The molecule has 18 heavy (non-hydrogen) atoms. The van der Waals surface area contributed by atoms with E-state index in [9.17, 15) is 4.79 Å². The monoisotopic (exact) mass is 245 g/mol. The Bertz CT molecular complexity index is 473. The van der Waals surface area contributed by atoms with Gasteiger partial charge in [0, 0.05) is 31.7 Å². The third kappa shape index (κ3) is 2.79. The molecule has 0 spiro atoms. The topological polar surface area (TPSA) is 40.5 Å². The fraction of sp³-hybridized carbons (Fsp3) is 0.400. The Morgan fingerprint density at radius 3 is 2.78 bits per heavy atom. The van der Waals surface area contributed by atoms with Crippen LogP contribution in [0.15, 0.2) is 24.3 Å². The second-order valence-electron chi connectivity index (χ2n) is 4.99. The molecule has 1 aliphatic rings. The van der Waals surface area contributed by atoms with Crippen LogP contribution >= 0.6 is 0 Å². The van der Waals surface area contributed by atoms with Crippen molar-refractivity contribution in [2.45, 2.75) is 13.8 Å². The van der Waals surface area contributed by atoms with Crippen molar-refractivity contribution in [3.63, 3.8) is 0 Å². The highest BCUT2D eigenvalue weighted by Crippen LogP contribution is 2.16. The lowest BCUT2D eigenvalue weighted by molar-refractivity contribution is -0.132. The van der Waals surface area contributed by atoms with Crippen molar-refractivity contribution >= 4 is 12.0 Å². The average Bonchev–Trinajstić information content (AvgIpc) is 2.26. The molecule has 1 aromatic carbocycles. The lowest BCUT2D eigenvalue weighted by Gasteiger charge is -2.37. The second kappa shape index (κ2) is 5.36. The normalized spacial score (nSPS) is 16.1. The van der Waals surface area contributed by atoms with Crippen LogP contribution in [0.25, 0.3) is 6.08 Å². The van der Waals surface area contributed by atoms with Gasteiger partial charge in [-0.15, -0.1) is 0 Å². The van der Waals surface area contributed by atoms with E-state index < -0.39 is 0 Å². The van der Waals surface area contributed by atoms with Crippen LogP contribution in [0.5, 0.6) is 0 Å². The first kappa shape index (κ1) is 12.8. The summed E-state index contributed by atoms with van der Waals surface area (Å²) in [5.41, 5.74) is 3.48. The maximum atomic E-state index is 11.8. The SMILES string of the molecule is Cc1ccc(C=CC(=O)N2CC(CO)C2)c(C)c1. The molecular weight excluding hydrogens is 226 g/mol. The molecule has 3 nitrogen and oxygen atoms in total. The summed E-state index contributed by atoms with van der Waals surface area (Å²) < 4.78 is 0. The van der Waals surface area contributed by atoms with E-state index in [1.165, 1.54) is 11.1 Å². The Balaban J connectivity index is 1.96. The minimum atomic E-state index is 0.0275. The number of benzene rings is 1. The lowest BCUT2D eigenvalue weighted by atomic mass is 10.0. The first-order valence-corrected chi connectivity index (χ1v) is 6.25. The van der Waals surface area contributed by atoms with E-state index in [0.717, 1.165) is 5.56 Å². The quantitative estimate of drug-likeness (QED) is 0.824. The Hall–Kier alpha value is -1.61. The Kier molecular flexibility index (Phi) is 3.82. The molecule has 0 aliphatic carbocycles.